The Balaban J connectivity index is 1.77. The molecule has 0 radical (unpaired) electrons. The van der Waals surface area contributed by atoms with Crippen LogP contribution in [0.4, 0.5) is 0 Å². The van der Waals surface area contributed by atoms with Crippen molar-refractivity contribution in [3.05, 3.63) is 65.0 Å². The molecule has 124 valence electrons. The normalized spacial score (nSPS) is 11.0. The number of nitrogens with zero attached hydrogens (tertiary/aromatic N) is 2. The van der Waals surface area contributed by atoms with E-state index >= 15 is 0 Å². The molecule has 0 spiro atoms. The Hall–Kier alpha value is -2.62. The molecule has 0 fully saturated rings. The van der Waals surface area contributed by atoms with Crippen LogP contribution >= 0.6 is 0 Å². The summed E-state index contributed by atoms with van der Waals surface area (Å²) in [4.78, 5) is 0. The highest BCUT2D eigenvalue weighted by atomic mass is 16.5. The molecular weight excluding hydrogens is 300 g/mol. The van der Waals surface area contributed by atoms with Gasteiger partial charge >= 0.3 is 0 Å². The molecule has 0 aliphatic rings. The van der Waals surface area contributed by atoms with Gasteiger partial charge in [-0.05, 0) is 48.6 Å². The molecule has 0 amide bonds. The van der Waals surface area contributed by atoms with E-state index in [9.17, 15) is 0 Å². The van der Waals surface area contributed by atoms with Crippen LogP contribution < -0.4 is 4.74 Å². The summed E-state index contributed by atoms with van der Waals surface area (Å²) in [6, 6.07) is 14.2. The first-order valence-corrected chi connectivity index (χ1v) is 8.16. The summed E-state index contributed by atoms with van der Waals surface area (Å²) in [6.45, 7) is 8.65. The molecule has 0 saturated heterocycles. The van der Waals surface area contributed by atoms with E-state index in [0.29, 0.717) is 17.7 Å². The lowest BCUT2D eigenvalue weighted by Gasteiger charge is -2.13. The van der Waals surface area contributed by atoms with Crippen molar-refractivity contribution in [1.82, 2.24) is 10.2 Å². The third-order valence-corrected chi connectivity index (χ3v) is 3.98. The molecule has 3 rings (SSSR count). The van der Waals surface area contributed by atoms with Crippen LogP contribution in [0.2, 0.25) is 0 Å². The molecule has 3 aromatic rings. The highest BCUT2D eigenvalue weighted by Crippen LogP contribution is 2.28. The Labute approximate surface area is 142 Å². The predicted octanol–water partition coefficient (Wildman–Crippen LogP) is 5.06. The quantitative estimate of drug-likeness (QED) is 0.659. The third-order valence-electron chi connectivity index (χ3n) is 3.98. The summed E-state index contributed by atoms with van der Waals surface area (Å²) < 4.78 is 11.7. The fourth-order valence-corrected chi connectivity index (χ4v) is 2.62. The fourth-order valence-electron chi connectivity index (χ4n) is 2.62. The molecule has 0 bridgehead atoms. The average molecular weight is 322 g/mol. The molecule has 0 atom stereocenters. The number of hydrogen-bond donors (Lipinski definition) is 0. The maximum absolute atomic E-state index is 5.95. The van der Waals surface area contributed by atoms with E-state index < -0.39 is 0 Å². The summed E-state index contributed by atoms with van der Waals surface area (Å²) >= 11 is 0. The van der Waals surface area contributed by atoms with Crippen LogP contribution in [0.3, 0.4) is 0 Å². The standard InChI is InChI=1S/C20H22N2O2/c1-13(2)16-10-9-14(3)11-18(16)23-12-19-21-22-20(24-19)17-8-6-5-7-15(17)4/h5-11,13H,12H2,1-4H3. The number of ether oxygens (including phenoxy) is 1. The maximum Gasteiger partial charge on any atom is 0.254 e. The lowest BCUT2D eigenvalue weighted by Crippen LogP contribution is -2.00. The summed E-state index contributed by atoms with van der Waals surface area (Å²) in [5, 5.41) is 8.24. The minimum atomic E-state index is 0.266. The first-order chi connectivity index (χ1) is 11.5. The third kappa shape index (κ3) is 3.48. The fraction of sp³-hybridized carbons (Fsp3) is 0.300. The summed E-state index contributed by atoms with van der Waals surface area (Å²) in [5.74, 6) is 2.27. The van der Waals surface area contributed by atoms with E-state index in [0.717, 1.165) is 16.9 Å². The van der Waals surface area contributed by atoms with Crippen LogP contribution in [-0.2, 0) is 6.61 Å². The van der Waals surface area contributed by atoms with Crippen molar-refractivity contribution in [2.24, 2.45) is 0 Å². The predicted molar refractivity (Wildman–Crippen MR) is 94.1 cm³/mol. The molecular formula is C20H22N2O2. The van der Waals surface area contributed by atoms with E-state index in [4.69, 9.17) is 9.15 Å². The number of aryl methyl sites for hydroxylation is 2. The van der Waals surface area contributed by atoms with Crippen molar-refractivity contribution in [2.45, 2.75) is 40.2 Å². The van der Waals surface area contributed by atoms with Gasteiger partial charge in [0, 0.05) is 5.56 Å². The van der Waals surface area contributed by atoms with Gasteiger partial charge in [0.1, 0.15) is 5.75 Å². The van der Waals surface area contributed by atoms with Crippen LogP contribution in [-0.4, -0.2) is 10.2 Å². The van der Waals surface area contributed by atoms with Crippen molar-refractivity contribution in [3.63, 3.8) is 0 Å². The second-order valence-corrected chi connectivity index (χ2v) is 6.30. The Kier molecular flexibility index (Phi) is 4.65. The highest BCUT2D eigenvalue weighted by Gasteiger charge is 2.13. The molecule has 4 nitrogen and oxygen atoms in total. The molecule has 4 heteroatoms. The average Bonchev–Trinajstić information content (AvgIpc) is 3.02. The van der Waals surface area contributed by atoms with Crippen LogP contribution in [0.25, 0.3) is 11.5 Å². The minimum absolute atomic E-state index is 0.266. The lowest BCUT2D eigenvalue weighted by atomic mass is 10.0. The van der Waals surface area contributed by atoms with Gasteiger partial charge in [-0.3, -0.25) is 0 Å². The van der Waals surface area contributed by atoms with Gasteiger partial charge < -0.3 is 9.15 Å². The number of benzene rings is 2. The summed E-state index contributed by atoms with van der Waals surface area (Å²) in [7, 11) is 0. The monoisotopic (exact) mass is 322 g/mol. The van der Waals surface area contributed by atoms with Crippen molar-refractivity contribution >= 4 is 0 Å². The zero-order valence-corrected chi connectivity index (χ0v) is 14.5. The minimum Gasteiger partial charge on any atom is -0.484 e. The second kappa shape index (κ2) is 6.87. The van der Waals surface area contributed by atoms with E-state index in [2.05, 4.69) is 43.1 Å². The molecule has 2 aromatic carbocycles. The molecule has 0 aliphatic heterocycles. The molecule has 0 aliphatic carbocycles. The summed E-state index contributed by atoms with van der Waals surface area (Å²) in [6.07, 6.45) is 0. The first kappa shape index (κ1) is 16.2. The van der Waals surface area contributed by atoms with Crippen LogP contribution in [0.1, 0.15) is 42.3 Å². The van der Waals surface area contributed by atoms with Crippen molar-refractivity contribution in [2.75, 3.05) is 0 Å². The Bertz CT molecular complexity index is 837. The maximum atomic E-state index is 5.95. The Morgan fingerprint density at radius 1 is 1.04 bits per heavy atom. The zero-order chi connectivity index (χ0) is 17.1. The Morgan fingerprint density at radius 2 is 1.83 bits per heavy atom. The van der Waals surface area contributed by atoms with Crippen LogP contribution in [0.15, 0.2) is 46.9 Å². The number of hydrogen-bond acceptors (Lipinski definition) is 4. The van der Waals surface area contributed by atoms with E-state index in [1.165, 1.54) is 11.1 Å². The van der Waals surface area contributed by atoms with Crippen molar-refractivity contribution in [1.29, 1.82) is 0 Å². The second-order valence-electron chi connectivity index (χ2n) is 6.30. The van der Waals surface area contributed by atoms with Gasteiger partial charge in [-0.2, -0.15) is 0 Å². The SMILES string of the molecule is Cc1ccc(C(C)C)c(OCc2nnc(-c3ccccc3C)o2)c1. The smallest absolute Gasteiger partial charge is 0.254 e. The van der Waals surface area contributed by atoms with Crippen molar-refractivity contribution in [3.8, 4) is 17.2 Å². The van der Waals surface area contributed by atoms with E-state index in [1.807, 2.05) is 37.3 Å². The van der Waals surface area contributed by atoms with Crippen LogP contribution in [0.5, 0.6) is 5.75 Å². The molecule has 0 N–H and O–H groups in total. The molecule has 1 aromatic heterocycles. The van der Waals surface area contributed by atoms with Gasteiger partial charge in [-0.1, -0.05) is 44.2 Å². The molecule has 24 heavy (non-hydrogen) atoms. The van der Waals surface area contributed by atoms with Gasteiger partial charge in [0.15, 0.2) is 6.61 Å². The highest BCUT2D eigenvalue weighted by molar-refractivity contribution is 5.57. The molecule has 0 saturated carbocycles. The van der Waals surface area contributed by atoms with E-state index in [-0.39, 0.29) is 6.61 Å². The van der Waals surface area contributed by atoms with E-state index in [1.54, 1.807) is 0 Å². The van der Waals surface area contributed by atoms with Crippen molar-refractivity contribution < 1.29 is 9.15 Å². The number of rotatable bonds is 5. The van der Waals surface area contributed by atoms with Gasteiger partial charge in [0.05, 0.1) is 0 Å². The van der Waals surface area contributed by atoms with Gasteiger partial charge in [0.25, 0.3) is 5.89 Å². The zero-order valence-electron chi connectivity index (χ0n) is 14.5. The van der Waals surface area contributed by atoms with Gasteiger partial charge in [-0.25, -0.2) is 0 Å². The topological polar surface area (TPSA) is 48.2 Å². The molecule has 1 heterocycles. The van der Waals surface area contributed by atoms with Gasteiger partial charge in [0.2, 0.25) is 5.89 Å². The Morgan fingerprint density at radius 3 is 2.58 bits per heavy atom. The largest absolute Gasteiger partial charge is 0.484 e. The first-order valence-electron chi connectivity index (χ1n) is 8.16. The molecule has 0 unspecified atom stereocenters. The van der Waals surface area contributed by atoms with Crippen LogP contribution in [0, 0.1) is 13.8 Å². The number of aromatic nitrogens is 2. The summed E-state index contributed by atoms with van der Waals surface area (Å²) in [5.41, 5.74) is 4.41. The lowest BCUT2D eigenvalue weighted by molar-refractivity contribution is 0.261. The van der Waals surface area contributed by atoms with Gasteiger partial charge in [-0.15, -0.1) is 10.2 Å².